The molecule has 2 saturated heterocycles. The largest absolute Gasteiger partial charge is 0.368 e. The second-order valence-corrected chi connectivity index (χ2v) is 8.37. The number of hydrogen-bond acceptors (Lipinski definition) is 4. The van der Waals surface area contributed by atoms with Crippen molar-refractivity contribution in [2.45, 2.75) is 19.3 Å². The zero-order valence-corrected chi connectivity index (χ0v) is 16.3. The first-order chi connectivity index (χ1) is 13.1. The van der Waals surface area contributed by atoms with Gasteiger partial charge >= 0.3 is 0 Å². The molecule has 6 nitrogen and oxygen atoms in total. The van der Waals surface area contributed by atoms with Gasteiger partial charge in [-0.3, -0.25) is 9.59 Å². The lowest BCUT2D eigenvalue weighted by molar-refractivity contribution is -0.133. The van der Waals surface area contributed by atoms with E-state index in [1.54, 1.807) is 0 Å². The predicted molar refractivity (Wildman–Crippen MR) is 106 cm³/mol. The summed E-state index contributed by atoms with van der Waals surface area (Å²) in [5.41, 5.74) is 1.34. The molecule has 1 aromatic carbocycles. The topological polar surface area (TPSA) is 64.7 Å². The molecule has 3 fully saturated rings. The molecule has 2 heterocycles. The van der Waals surface area contributed by atoms with E-state index in [1.165, 1.54) is 0 Å². The third kappa shape index (κ3) is 4.06. The van der Waals surface area contributed by atoms with Gasteiger partial charge in [-0.2, -0.15) is 0 Å². The van der Waals surface area contributed by atoms with E-state index in [9.17, 15) is 9.59 Å². The molecular formula is C20H27ClN4O2. The van der Waals surface area contributed by atoms with Gasteiger partial charge in [-0.05, 0) is 62.0 Å². The number of anilines is 1. The van der Waals surface area contributed by atoms with Crippen LogP contribution in [0.15, 0.2) is 24.3 Å². The summed E-state index contributed by atoms with van der Waals surface area (Å²) in [6.07, 6.45) is 3.13. The fraction of sp³-hybridized carbons (Fsp3) is 0.600. The van der Waals surface area contributed by atoms with Gasteiger partial charge in [-0.25, -0.2) is 0 Å². The predicted octanol–water partition coefficient (Wildman–Crippen LogP) is 1.49. The Hall–Kier alpha value is -1.79. The third-order valence-electron chi connectivity index (χ3n) is 6.34. The van der Waals surface area contributed by atoms with Crippen molar-refractivity contribution in [1.82, 2.24) is 15.5 Å². The number of halogens is 1. The number of hydrogen-bond donors (Lipinski definition) is 2. The smallest absolute Gasteiger partial charge is 0.242 e. The maximum absolute atomic E-state index is 12.5. The number of carbonyl (C=O) groups is 2. The van der Waals surface area contributed by atoms with Crippen LogP contribution in [0.3, 0.4) is 0 Å². The zero-order valence-electron chi connectivity index (χ0n) is 15.5. The molecule has 3 aliphatic rings. The van der Waals surface area contributed by atoms with Gasteiger partial charge in [0, 0.05) is 42.8 Å². The molecule has 1 aromatic rings. The fourth-order valence-corrected chi connectivity index (χ4v) is 4.59. The van der Waals surface area contributed by atoms with E-state index in [0.717, 1.165) is 56.2 Å². The van der Waals surface area contributed by atoms with E-state index >= 15 is 0 Å². The number of piperidine rings is 1. The minimum absolute atomic E-state index is 0.0131. The SMILES string of the molecule is O=C(NCC(=O)N1CCN(c2ccc(Cl)cc2)CC1)C1CC12CCNCC2. The summed E-state index contributed by atoms with van der Waals surface area (Å²) in [7, 11) is 0. The van der Waals surface area contributed by atoms with Crippen LogP contribution in [0, 0.1) is 11.3 Å². The van der Waals surface area contributed by atoms with E-state index in [1.807, 2.05) is 29.2 Å². The molecular weight excluding hydrogens is 364 g/mol. The number of nitrogens with zero attached hydrogens (tertiary/aromatic N) is 2. The van der Waals surface area contributed by atoms with Gasteiger partial charge in [-0.15, -0.1) is 0 Å². The standard InChI is InChI=1S/C20H27ClN4O2/c21-15-1-3-16(4-2-15)24-9-11-25(12-10-24)18(26)14-23-19(27)17-13-20(17)5-7-22-8-6-20/h1-4,17,22H,5-14H2,(H,23,27). The Labute approximate surface area is 165 Å². The summed E-state index contributed by atoms with van der Waals surface area (Å²) in [4.78, 5) is 29.0. The first kappa shape index (κ1) is 18.6. The Morgan fingerprint density at radius 3 is 2.44 bits per heavy atom. The van der Waals surface area contributed by atoms with Crippen LogP contribution in [-0.2, 0) is 9.59 Å². The van der Waals surface area contributed by atoms with Crippen LogP contribution in [0.2, 0.25) is 5.02 Å². The molecule has 27 heavy (non-hydrogen) atoms. The van der Waals surface area contributed by atoms with Gasteiger partial charge in [0.2, 0.25) is 11.8 Å². The number of nitrogens with one attached hydrogen (secondary N) is 2. The van der Waals surface area contributed by atoms with E-state index in [0.29, 0.717) is 13.1 Å². The van der Waals surface area contributed by atoms with Crippen LogP contribution in [-0.4, -0.2) is 62.5 Å². The number of rotatable bonds is 4. The van der Waals surface area contributed by atoms with Crippen molar-refractivity contribution in [1.29, 1.82) is 0 Å². The molecule has 2 aliphatic heterocycles. The lowest BCUT2D eigenvalue weighted by atomic mass is 9.92. The van der Waals surface area contributed by atoms with Gasteiger partial charge in [0.1, 0.15) is 0 Å². The number of carbonyl (C=O) groups excluding carboxylic acids is 2. The Balaban J connectivity index is 1.21. The summed E-state index contributed by atoms with van der Waals surface area (Å²) in [6.45, 7) is 5.05. The molecule has 7 heteroatoms. The summed E-state index contributed by atoms with van der Waals surface area (Å²) in [5, 5.41) is 6.96. The number of amides is 2. The lowest BCUT2D eigenvalue weighted by Gasteiger charge is -2.36. The monoisotopic (exact) mass is 390 g/mol. The molecule has 1 atom stereocenters. The van der Waals surface area contributed by atoms with E-state index in [-0.39, 0.29) is 29.7 Å². The average molecular weight is 391 g/mol. The molecule has 0 aromatic heterocycles. The Morgan fingerprint density at radius 1 is 1.11 bits per heavy atom. The first-order valence-electron chi connectivity index (χ1n) is 9.84. The highest BCUT2D eigenvalue weighted by Crippen LogP contribution is 2.58. The molecule has 2 N–H and O–H groups in total. The molecule has 2 amide bonds. The summed E-state index contributed by atoms with van der Waals surface area (Å²) < 4.78 is 0. The van der Waals surface area contributed by atoms with Crippen LogP contribution < -0.4 is 15.5 Å². The third-order valence-corrected chi connectivity index (χ3v) is 6.60. The minimum atomic E-state index is 0.0131. The Morgan fingerprint density at radius 2 is 1.78 bits per heavy atom. The van der Waals surface area contributed by atoms with Crippen LogP contribution >= 0.6 is 11.6 Å². The van der Waals surface area contributed by atoms with Crippen molar-refractivity contribution < 1.29 is 9.59 Å². The molecule has 4 rings (SSSR count). The maximum Gasteiger partial charge on any atom is 0.242 e. The molecule has 0 bridgehead atoms. The number of benzene rings is 1. The summed E-state index contributed by atoms with van der Waals surface area (Å²) >= 11 is 5.94. The van der Waals surface area contributed by atoms with Gasteiger partial charge in [0.25, 0.3) is 0 Å². The van der Waals surface area contributed by atoms with Crippen LogP contribution in [0.25, 0.3) is 0 Å². The number of piperazine rings is 1. The lowest BCUT2D eigenvalue weighted by Crippen LogP contribution is -2.51. The second kappa shape index (κ2) is 7.68. The van der Waals surface area contributed by atoms with Crippen LogP contribution in [0.4, 0.5) is 5.69 Å². The maximum atomic E-state index is 12.5. The van der Waals surface area contributed by atoms with E-state index in [2.05, 4.69) is 15.5 Å². The van der Waals surface area contributed by atoms with E-state index < -0.39 is 0 Å². The van der Waals surface area contributed by atoms with E-state index in [4.69, 9.17) is 11.6 Å². The molecule has 1 saturated carbocycles. The Kier molecular flexibility index (Phi) is 5.28. The molecule has 0 radical (unpaired) electrons. The normalized spacial score (nSPS) is 24.0. The van der Waals surface area contributed by atoms with Gasteiger partial charge in [0.05, 0.1) is 6.54 Å². The van der Waals surface area contributed by atoms with Crippen LogP contribution in [0.1, 0.15) is 19.3 Å². The van der Waals surface area contributed by atoms with Crippen LogP contribution in [0.5, 0.6) is 0 Å². The quantitative estimate of drug-likeness (QED) is 0.817. The van der Waals surface area contributed by atoms with Crippen molar-refractivity contribution in [2.24, 2.45) is 11.3 Å². The Bertz CT molecular complexity index is 694. The minimum Gasteiger partial charge on any atom is -0.368 e. The molecule has 1 unspecified atom stereocenters. The van der Waals surface area contributed by atoms with Crippen molar-refractivity contribution in [2.75, 3.05) is 50.7 Å². The van der Waals surface area contributed by atoms with Gasteiger partial charge in [-0.1, -0.05) is 11.6 Å². The summed E-state index contributed by atoms with van der Waals surface area (Å²) in [5.74, 6) is 0.179. The molecule has 1 aliphatic carbocycles. The van der Waals surface area contributed by atoms with Crippen molar-refractivity contribution in [3.05, 3.63) is 29.3 Å². The van der Waals surface area contributed by atoms with Crippen molar-refractivity contribution >= 4 is 29.1 Å². The molecule has 146 valence electrons. The average Bonchev–Trinajstić information content (AvgIpc) is 3.40. The molecule has 1 spiro atoms. The highest BCUT2D eigenvalue weighted by atomic mass is 35.5. The fourth-order valence-electron chi connectivity index (χ4n) is 4.46. The van der Waals surface area contributed by atoms with Gasteiger partial charge in [0.15, 0.2) is 0 Å². The van der Waals surface area contributed by atoms with Crippen molar-refractivity contribution in [3.63, 3.8) is 0 Å². The van der Waals surface area contributed by atoms with Gasteiger partial charge < -0.3 is 20.4 Å². The zero-order chi connectivity index (χ0) is 18.9. The highest BCUT2D eigenvalue weighted by molar-refractivity contribution is 6.30. The summed E-state index contributed by atoms with van der Waals surface area (Å²) in [6, 6.07) is 7.78. The highest BCUT2D eigenvalue weighted by Gasteiger charge is 2.57. The first-order valence-corrected chi connectivity index (χ1v) is 10.2. The van der Waals surface area contributed by atoms with Crippen molar-refractivity contribution in [3.8, 4) is 0 Å². The second-order valence-electron chi connectivity index (χ2n) is 7.93.